The number of nitrogens with one attached hydrogen (secondary N) is 1. The molecule has 5 heteroatoms. The van der Waals surface area contributed by atoms with Crippen molar-refractivity contribution >= 4 is 0 Å². The van der Waals surface area contributed by atoms with E-state index < -0.39 is 0 Å². The molecule has 17 heavy (non-hydrogen) atoms. The molecule has 0 amide bonds. The quantitative estimate of drug-likeness (QED) is 0.565. The van der Waals surface area contributed by atoms with Gasteiger partial charge in [-0.15, -0.1) is 0 Å². The maximum atomic E-state index is 9.37. The van der Waals surface area contributed by atoms with Crippen LogP contribution < -0.4 is 10.9 Å². The number of aromatic nitrogens is 2. The van der Waals surface area contributed by atoms with Gasteiger partial charge < -0.3 is 9.67 Å². The van der Waals surface area contributed by atoms with Crippen molar-refractivity contribution < 1.29 is 5.11 Å². The molecule has 0 aromatic carbocycles. The number of imidazole rings is 1. The van der Waals surface area contributed by atoms with Gasteiger partial charge in [0.1, 0.15) is 0 Å². The second-order valence-electron chi connectivity index (χ2n) is 4.65. The van der Waals surface area contributed by atoms with Gasteiger partial charge in [-0.1, -0.05) is 0 Å². The highest BCUT2D eigenvalue weighted by Crippen LogP contribution is 2.18. The molecule has 1 fully saturated rings. The molecular weight excluding hydrogens is 216 g/mol. The van der Waals surface area contributed by atoms with E-state index in [0.717, 1.165) is 45.2 Å². The van der Waals surface area contributed by atoms with Crippen molar-refractivity contribution in [2.45, 2.75) is 50.8 Å². The first-order valence-corrected chi connectivity index (χ1v) is 6.41. The third-order valence-corrected chi connectivity index (χ3v) is 3.20. The summed E-state index contributed by atoms with van der Waals surface area (Å²) in [5, 5.41) is 9.37. The number of aryl methyl sites for hydroxylation is 1. The molecule has 0 unspecified atom stereocenters. The summed E-state index contributed by atoms with van der Waals surface area (Å²) >= 11 is 0. The van der Waals surface area contributed by atoms with Crippen molar-refractivity contribution in [1.82, 2.24) is 20.4 Å². The van der Waals surface area contributed by atoms with Crippen LogP contribution in [0.2, 0.25) is 0 Å². The van der Waals surface area contributed by atoms with Crippen LogP contribution in [0.4, 0.5) is 0 Å². The zero-order chi connectivity index (χ0) is 11.9. The molecule has 95 valence electrons. The van der Waals surface area contributed by atoms with E-state index in [0.29, 0.717) is 6.04 Å². The van der Waals surface area contributed by atoms with Gasteiger partial charge in [0.2, 0.25) is 0 Å². The fourth-order valence-corrected chi connectivity index (χ4v) is 2.14. The molecule has 0 atom stereocenters. The molecule has 1 aromatic heterocycles. The van der Waals surface area contributed by atoms with Crippen LogP contribution >= 0.6 is 0 Å². The number of rotatable bonds is 6. The molecule has 2 rings (SSSR count). The first-order chi connectivity index (χ1) is 8.34. The Morgan fingerprint density at radius 2 is 2.18 bits per heavy atom. The first kappa shape index (κ1) is 12.5. The minimum Gasteiger partial charge on any atom is -0.393 e. The van der Waals surface area contributed by atoms with E-state index in [4.69, 9.17) is 0 Å². The monoisotopic (exact) mass is 237 g/mol. The fourth-order valence-electron chi connectivity index (χ4n) is 2.14. The van der Waals surface area contributed by atoms with Gasteiger partial charge in [-0.3, -0.25) is 0 Å². The van der Waals surface area contributed by atoms with E-state index >= 15 is 0 Å². The Morgan fingerprint density at radius 1 is 1.35 bits per heavy atom. The summed E-state index contributed by atoms with van der Waals surface area (Å²) < 4.78 is 2.07. The second-order valence-corrected chi connectivity index (χ2v) is 4.65. The molecule has 1 radical (unpaired) electrons. The van der Waals surface area contributed by atoms with Crippen LogP contribution in [-0.4, -0.2) is 33.3 Å². The van der Waals surface area contributed by atoms with E-state index in [1.54, 1.807) is 6.20 Å². The Kier molecular flexibility index (Phi) is 4.97. The van der Waals surface area contributed by atoms with Gasteiger partial charge in [0.25, 0.3) is 0 Å². The van der Waals surface area contributed by atoms with Gasteiger partial charge >= 0.3 is 0 Å². The molecule has 0 bridgehead atoms. The minimum absolute atomic E-state index is 0.0947. The highest BCUT2D eigenvalue weighted by Gasteiger charge is 2.19. The summed E-state index contributed by atoms with van der Waals surface area (Å²) in [6.45, 7) is 1.88. The number of aliphatic hydroxyl groups excluding tert-OH is 1. The maximum absolute atomic E-state index is 9.37. The van der Waals surface area contributed by atoms with Crippen LogP contribution in [0.1, 0.15) is 32.1 Å². The average molecular weight is 237 g/mol. The lowest BCUT2D eigenvalue weighted by Crippen LogP contribution is -2.38. The summed E-state index contributed by atoms with van der Waals surface area (Å²) in [4.78, 5) is 4.00. The summed E-state index contributed by atoms with van der Waals surface area (Å²) in [7, 11) is 0. The van der Waals surface area contributed by atoms with Crippen LogP contribution in [0.3, 0.4) is 0 Å². The zero-order valence-electron chi connectivity index (χ0n) is 10.1. The summed E-state index contributed by atoms with van der Waals surface area (Å²) in [6, 6.07) is 0.395. The Balaban J connectivity index is 1.49. The lowest BCUT2D eigenvalue weighted by atomic mass is 9.94. The highest BCUT2D eigenvalue weighted by atomic mass is 16.3. The Hall–Kier alpha value is -0.910. The van der Waals surface area contributed by atoms with Gasteiger partial charge in [-0.05, 0) is 32.1 Å². The minimum atomic E-state index is -0.0947. The van der Waals surface area contributed by atoms with Crippen molar-refractivity contribution in [1.29, 1.82) is 0 Å². The van der Waals surface area contributed by atoms with Gasteiger partial charge in [0.15, 0.2) is 0 Å². The molecular formula is C12H21N4O. The lowest BCUT2D eigenvalue weighted by molar-refractivity contribution is 0.112. The lowest BCUT2D eigenvalue weighted by Gasteiger charge is -2.24. The fraction of sp³-hybridized carbons (Fsp3) is 0.750. The number of nitrogens with zero attached hydrogens (tertiary/aromatic N) is 3. The van der Waals surface area contributed by atoms with E-state index in [2.05, 4.69) is 20.4 Å². The van der Waals surface area contributed by atoms with Crippen molar-refractivity contribution in [3.63, 3.8) is 0 Å². The van der Waals surface area contributed by atoms with Crippen molar-refractivity contribution in [3.05, 3.63) is 18.7 Å². The largest absolute Gasteiger partial charge is 0.393 e. The Bertz CT molecular complexity index is 293. The zero-order valence-corrected chi connectivity index (χ0v) is 10.1. The van der Waals surface area contributed by atoms with Crippen LogP contribution in [-0.2, 0) is 6.54 Å². The third kappa shape index (κ3) is 4.46. The van der Waals surface area contributed by atoms with Crippen molar-refractivity contribution in [2.75, 3.05) is 6.54 Å². The Labute approximate surface area is 102 Å². The molecule has 1 heterocycles. The van der Waals surface area contributed by atoms with E-state index in [9.17, 15) is 5.11 Å². The predicted octanol–water partition coefficient (Wildman–Crippen LogP) is 0.686. The summed E-state index contributed by atoms with van der Waals surface area (Å²) in [5.74, 6) is 0. The van der Waals surface area contributed by atoms with Gasteiger partial charge in [0, 0.05) is 31.5 Å². The molecule has 1 aliphatic rings. The van der Waals surface area contributed by atoms with Gasteiger partial charge in [-0.2, -0.15) is 5.43 Å². The average Bonchev–Trinajstić information content (AvgIpc) is 2.84. The van der Waals surface area contributed by atoms with Gasteiger partial charge in [0.05, 0.1) is 12.4 Å². The third-order valence-electron chi connectivity index (χ3n) is 3.20. The standard InChI is InChI=1S/C12H21N4O/c17-12-4-2-11(3-5-12)15-14-6-1-8-16-9-7-13-10-16/h7,9-12,14,17H,1-6,8H2. The SMILES string of the molecule is OC1CCC([N]NCCCn2ccnc2)CC1. The summed E-state index contributed by atoms with van der Waals surface area (Å²) in [5.41, 5.74) is 7.59. The number of hydrogen-bond acceptors (Lipinski definition) is 3. The number of aliphatic hydroxyl groups is 1. The molecule has 1 aromatic rings. The summed E-state index contributed by atoms with van der Waals surface area (Å²) in [6.07, 6.45) is 10.4. The van der Waals surface area contributed by atoms with Crippen LogP contribution in [0.5, 0.6) is 0 Å². The first-order valence-electron chi connectivity index (χ1n) is 6.41. The topological polar surface area (TPSA) is 64.2 Å². The number of hydrogen-bond donors (Lipinski definition) is 2. The molecule has 5 nitrogen and oxygen atoms in total. The van der Waals surface area contributed by atoms with Crippen molar-refractivity contribution in [2.24, 2.45) is 0 Å². The van der Waals surface area contributed by atoms with Gasteiger partial charge in [-0.25, -0.2) is 10.4 Å². The van der Waals surface area contributed by atoms with Crippen LogP contribution in [0.25, 0.3) is 0 Å². The molecule has 0 spiro atoms. The molecule has 0 aliphatic heterocycles. The van der Waals surface area contributed by atoms with E-state index in [1.165, 1.54) is 0 Å². The highest BCUT2D eigenvalue weighted by molar-refractivity contribution is 4.75. The normalized spacial score (nSPS) is 25.0. The maximum Gasteiger partial charge on any atom is 0.0945 e. The van der Waals surface area contributed by atoms with E-state index in [1.807, 2.05) is 12.5 Å². The van der Waals surface area contributed by atoms with Crippen LogP contribution in [0.15, 0.2) is 18.7 Å². The van der Waals surface area contributed by atoms with Crippen molar-refractivity contribution in [3.8, 4) is 0 Å². The smallest absolute Gasteiger partial charge is 0.0945 e. The predicted molar refractivity (Wildman–Crippen MR) is 65.2 cm³/mol. The molecule has 1 aliphatic carbocycles. The molecule has 0 saturated heterocycles. The molecule has 1 saturated carbocycles. The van der Waals surface area contributed by atoms with Crippen LogP contribution in [0, 0.1) is 0 Å². The second kappa shape index (κ2) is 6.74. The Morgan fingerprint density at radius 3 is 2.88 bits per heavy atom. The molecule has 2 N–H and O–H groups in total. The van der Waals surface area contributed by atoms with E-state index in [-0.39, 0.29) is 6.10 Å².